The SMILES string of the molecule is CCCCN(/C=C(/C)NS)c1nc(C)nc2c(F)c(-c3cccc4cccc(Cl)c34)ncc12. The number of fused-ring (bicyclic) bond motifs is 2. The van der Waals surface area contributed by atoms with Crippen molar-refractivity contribution in [2.45, 2.75) is 33.6 Å². The first-order valence-corrected chi connectivity index (χ1v) is 11.6. The Morgan fingerprint density at radius 1 is 1.21 bits per heavy atom. The van der Waals surface area contributed by atoms with Gasteiger partial charge in [0.25, 0.3) is 0 Å². The molecule has 0 aliphatic heterocycles. The Morgan fingerprint density at radius 2 is 1.97 bits per heavy atom. The van der Waals surface area contributed by atoms with Crippen molar-refractivity contribution in [1.29, 1.82) is 0 Å². The molecule has 0 bridgehead atoms. The molecular formula is C25H25ClFN5S. The van der Waals surface area contributed by atoms with Gasteiger partial charge < -0.3 is 9.62 Å². The van der Waals surface area contributed by atoms with E-state index < -0.39 is 5.82 Å². The molecule has 4 aromatic rings. The normalized spacial score (nSPS) is 11.9. The quantitative estimate of drug-likeness (QED) is 0.283. The van der Waals surface area contributed by atoms with E-state index in [-0.39, 0.29) is 11.2 Å². The number of allylic oxidation sites excluding steroid dienone is 1. The standard InChI is InChI=1S/C25H25ClFN5S/c1-4-5-12-32(14-15(2)31-33)25-19-13-28-23(22(27)24(19)29-16(3)30-25)18-10-6-8-17-9-7-11-20(26)21(17)18/h6-11,13-14,31,33H,4-5,12H2,1-3H3/b15-14-. The van der Waals surface area contributed by atoms with Crippen LogP contribution in [-0.4, -0.2) is 21.5 Å². The first kappa shape index (κ1) is 23.3. The van der Waals surface area contributed by atoms with Crippen molar-refractivity contribution < 1.29 is 4.39 Å². The van der Waals surface area contributed by atoms with Gasteiger partial charge in [-0.25, -0.2) is 14.4 Å². The zero-order valence-corrected chi connectivity index (χ0v) is 20.4. The molecule has 5 nitrogen and oxygen atoms in total. The highest BCUT2D eigenvalue weighted by Gasteiger charge is 2.20. The first-order valence-electron chi connectivity index (χ1n) is 10.8. The molecular weight excluding hydrogens is 457 g/mol. The lowest BCUT2D eigenvalue weighted by Crippen LogP contribution is -2.21. The highest BCUT2D eigenvalue weighted by molar-refractivity contribution is 7.78. The van der Waals surface area contributed by atoms with Gasteiger partial charge in [-0.2, -0.15) is 0 Å². The minimum Gasteiger partial charge on any atom is -0.335 e. The molecule has 0 amide bonds. The summed E-state index contributed by atoms with van der Waals surface area (Å²) >= 11 is 10.6. The summed E-state index contributed by atoms with van der Waals surface area (Å²) < 4.78 is 18.8. The van der Waals surface area contributed by atoms with Crippen LogP contribution in [0.2, 0.25) is 5.02 Å². The van der Waals surface area contributed by atoms with Gasteiger partial charge in [-0.05, 0) is 31.7 Å². The van der Waals surface area contributed by atoms with Gasteiger partial charge >= 0.3 is 0 Å². The van der Waals surface area contributed by atoms with E-state index in [1.165, 1.54) is 0 Å². The third kappa shape index (κ3) is 4.61. The minimum atomic E-state index is -0.491. The van der Waals surface area contributed by atoms with Crippen LogP contribution in [0.4, 0.5) is 10.2 Å². The van der Waals surface area contributed by atoms with E-state index in [1.807, 2.05) is 48.4 Å². The number of aryl methyl sites for hydroxylation is 1. The van der Waals surface area contributed by atoms with E-state index in [0.29, 0.717) is 27.6 Å². The van der Waals surface area contributed by atoms with Gasteiger partial charge in [-0.1, -0.05) is 68.1 Å². The summed E-state index contributed by atoms with van der Waals surface area (Å²) in [5.74, 6) is 0.605. The van der Waals surface area contributed by atoms with E-state index in [4.69, 9.17) is 11.6 Å². The molecule has 2 aromatic carbocycles. The first-order chi connectivity index (χ1) is 15.9. The number of hydrogen-bond acceptors (Lipinski definition) is 6. The fourth-order valence-corrected chi connectivity index (χ4v) is 4.21. The zero-order chi connectivity index (χ0) is 23.5. The molecule has 0 unspecified atom stereocenters. The molecule has 2 heterocycles. The number of unbranched alkanes of at least 4 members (excludes halogenated alkanes) is 1. The molecule has 0 aliphatic rings. The second kappa shape index (κ2) is 9.93. The van der Waals surface area contributed by atoms with Crippen molar-refractivity contribution in [1.82, 2.24) is 19.7 Å². The Labute approximate surface area is 203 Å². The van der Waals surface area contributed by atoms with Gasteiger partial charge in [0.2, 0.25) is 0 Å². The van der Waals surface area contributed by atoms with Gasteiger partial charge in [-0.15, -0.1) is 0 Å². The van der Waals surface area contributed by atoms with Crippen LogP contribution in [0.1, 0.15) is 32.5 Å². The lowest BCUT2D eigenvalue weighted by molar-refractivity contribution is 0.634. The summed E-state index contributed by atoms with van der Waals surface area (Å²) in [5.41, 5.74) is 1.93. The Hall–Kier alpha value is -2.90. The average molecular weight is 482 g/mol. The lowest BCUT2D eigenvalue weighted by Gasteiger charge is -2.22. The minimum absolute atomic E-state index is 0.217. The van der Waals surface area contributed by atoms with Gasteiger partial charge in [-0.3, -0.25) is 4.98 Å². The van der Waals surface area contributed by atoms with Gasteiger partial charge in [0.15, 0.2) is 5.82 Å². The maximum absolute atomic E-state index is 16.0. The van der Waals surface area contributed by atoms with E-state index in [0.717, 1.165) is 35.9 Å². The molecule has 0 aliphatic carbocycles. The third-order valence-corrected chi connectivity index (χ3v) is 6.10. The number of nitrogens with zero attached hydrogens (tertiary/aromatic N) is 4. The van der Waals surface area contributed by atoms with Gasteiger partial charge in [0, 0.05) is 40.6 Å². The summed E-state index contributed by atoms with van der Waals surface area (Å²) in [5, 5.41) is 2.79. The molecule has 33 heavy (non-hydrogen) atoms. The summed E-state index contributed by atoms with van der Waals surface area (Å²) in [6.45, 7) is 6.51. The number of anilines is 1. The van der Waals surface area contributed by atoms with Crippen LogP contribution in [0.5, 0.6) is 0 Å². The summed E-state index contributed by atoms with van der Waals surface area (Å²) in [6, 6.07) is 11.3. The van der Waals surface area contributed by atoms with Crippen LogP contribution in [0.15, 0.2) is 54.5 Å². The van der Waals surface area contributed by atoms with Crippen LogP contribution >= 0.6 is 24.4 Å². The number of thiol groups is 1. The number of hydrogen-bond donors (Lipinski definition) is 2. The molecule has 0 saturated heterocycles. The molecule has 8 heteroatoms. The highest BCUT2D eigenvalue weighted by Crippen LogP contribution is 2.36. The van der Waals surface area contributed by atoms with Crippen molar-refractivity contribution >= 4 is 51.9 Å². The number of benzene rings is 2. The van der Waals surface area contributed by atoms with Crippen molar-refractivity contribution in [3.63, 3.8) is 0 Å². The van der Waals surface area contributed by atoms with E-state index in [9.17, 15) is 0 Å². The molecule has 1 N–H and O–H groups in total. The van der Waals surface area contributed by atoms with Crippen LogP contribution in [0.25, 0.3) is 32.9 Å². The molecule has 0 fully saturated rings. The van der Waals surface area contributed by atoms with E-state index >= 15 is 4.39 Å². The molecule has 170 valence electrons. The van der Waals surface area contributed by atoms with E-state index in [2.05, 4.69) is 39.4 Å². The van der Waals surface area contributed by atoms with Crippen molar-refractivity contribution in [3.05, 3.63) is 71.2 Å². The fourth-order valence-electron chi connectivity index (χ4n) is 3.87. The number of rotatable bonds is 7. The third-order valence-electron chi connectivity index (χ3n) is 5.44. The van der Waals surface area contributed by atoms with Gasteiger partial charge in [0.1, 0.15) is 22.9 Å². The van der Waals surface area contributed by atoms with Crippen LogP contribution in [0, 0.1) is 12.7 Å². The summed E-state index contributed by atoms with van der Waals surface area (Å²) in [6.07, 6.45) is 5.52. The monoisotopic (exact) mass is 481 g/mol. The molecule has 0 spiro atoms. The predicted molar refractivity (Wildman–Crippen MR) is 138 cm³/mol. The lowest BCUT2D eigenvalue weighted by atomic mass is 10.0. The summed E-state index contributed by atoms with van der Waals surface area (Å²) in [4.78, 5) is 15.6. The topological polar surface area (TPSA) is 53.9 Å². The van der Waals surface area contributed by atoms with Crippen LogP contribution in [-0.2, 0) is 0 Å². The number of nitrogens with one attached hydrogen (secondary N) is 1. The van der Waals surface area contributed by atoms with Crippen LogP contribution in [0.3, 0.4) is 0 Å². The fraction of sp³-hybridized carbons (Fsp3) is 0.240. The Kier molecular flexibility index (Phi) is 7.00. The Balaban J connectivity index is 1.95. The largest absolute Gasteiger partial charge is 0.335 e. The van der Waals surface area contributed by atoms with Crippen LogP contribution < -0.4 is 9.62 Å². The van der Waals surface area contributed by atoms with Crippen molar-refractivity contribution in [2.24, 2.45) is 0 Å². The Bertz CT molecular complexity index is 1350. The highest BCUT2D eigenvalue weighted by atomic mass is 35.5. The molecule has 2 aromatic heterocycles. The van der Waals surface area contributed by atoms with Crippen molar-refractivity contribution in [2.75, 3.05) is 11.4 Å². The Morgan fingerprint density at radius 3 is 2.70 bits per heavy atom. The molecule has 0 radical (unpaired) electrons. The zero-order valence-electron chi connectivity index (χ0n) is 18.7. The maximum Gasteiger partial charge on any atom is 0.175 e. The van der Waals surface area contributed by atoms with Crippen molar-refractivity contribution in [3.8, 4) is 11.3 Å². The number of aromatic nitrogens is 3. The van der Waals surface area contributed by atoms with E-state index in [1.54, 1.807) is 19.2 Å². The summed E-state index contributed by atoms with van der Waals surface area (Å²) in [7, 11) is 0. The second-order valence-electron chi connectivity index (χ2n) is 7.89. The number of pyridine rings is 1. The molecule has 0 saturated carbocycles. The smallest absolute Gasteiger partial charge is 0.175 e. The molecule has 0 atom stereocenters. The number of halogens is 2. The van der Waals surface area contributed by atoms with Gasteiger partial charge in [0.05, 0.1) is 5.39 Å². The average Bonchev–Trinajstić information content (AvgIpc) is 2.81. The second-order valence-corrected chi connectivity index (χ2v) is 8.52. The molecule has 4 rings (SSSR count). The maximum atomic E-state index is 16.0. The predicted octanol–water partition coefficient (Wildman–Crippen LogP) is 6.85.